The molecule has 4 heteroatoms. The Hall–Kier alpha value is 0.360. The lowest BCUT2D eigenvalue weighted by Crippen LogP contribution is -2.52. The van der Waals surface area contributed by atoms with E-state index < -0.39 is 0 Å². The van der Waals surface area contributed by atoms with E-state index in [0.717, 1.165) is 26.2 Å². The molecular formula is C9H19BrN2O. The normalized spacial score (nSPS) is 29.1. The van der Waals surface area contributed by atoms with Crippen molar-refractivity contribution in [3.05, 3.63) is 0 Å². The van der Waals surface area contributed by atoms with Crippen LogP contribution >= 0.6 is 15.9 Å². The van der Waals surface area contributed by atoms with Gasteiger partial charge in [-0.05, 0) is 14.0 Å². The summed E-state index contributed by atoms with van der Waals surface area (Å²) >= 11 is 3.29. The van der Waals surface area contributed by atoms with Gasteiger partial charge in [0.2, 0.25) is 0 Å². The van der Waals surface area contributed by atoms with Gasteiger partial charge in [-0.1, -0.05) is 15.9 Å². The molecule has 0 bridgehead atoms. The minimum Gasteiger partial charge on any atom is -0.391 e. The van der Waals surface area contributed by atoms with E-state index in [1.54, 1.807) is 0 Å². The number of likely N-dealkylation sites (N-methyl/N-ethyl adjacent to an activating group) is 1. The SMILES string of the molecule is CC1CN(C)CCN1CC(O)CBr. The van der Waals surface area contributed by atoms with Crippen LogP contribution in [-0.4, -0.2) is 65.6 Å². The second kappa shape index (κ2) is 5.29. The highest BCUT2D eigenvalue weighted by molar-refractivity contribution is 9.09. The quantitative estimate of drug-likeness (QED) is 0.734. The Morgan fingerprint density at radius 2 is 2.23 bits per heavy atom. The molecule has 2 atom stereocenters. The van der Waals surface area contributed by atoms with Crippen LogP contribution in [0.1, 0.15) is 6.92 Å². The molecule has 1 fully saturated rings. The number of hydrogen-bond acceptors (Lipinski definition) is 3. The van der Waals surface area contributed by atoms with Crippen LogP contribution in [0.3, 0.4) is 0 Å². The van der Waals surface area contributed by atoms with Crippen molar-refractivity contribution in [3.8, 4) is 0 Å². The third-order valence-corrected chi connectivity index (χ3v) is 3.34. The fraction of sp³-hybridized carbons (Fsp3) is 1.00. The Kier molecular flexibility index (Phi) is 4.66. The van der Waals surface area contributed by atoms with Crippen LogP contribution in [0.25, 0.3) is 0 Å². The van der Waals surface area contributed by atoms with Gasteiger partial charge in [0, 0.05) is 37.6 Å². The van der Waals surface area contributed by atoms with Gasteiger partial charge in [-0.2, -0.15) is 0 Å². The summed E-state index contributed by atoms with van der Waals surface area (Å²) in [7, 11) is 2.15. The van der Waals surface area contributed by atoms with Gasteiger partial charge >= 0.3 is 0 Å². The number of rotatable bonds is 3. The van der Waals surface area contributed by atoms with E-state index in [-0.39, 0.29) is 6.10 Å². The van der Waals surface area contributed by atoms with Gasteiger partial charge in [-0.15, -0.1) is 0 Å². The fourth-order valence-corrected chi connectivity index (χ4v) is 1.97. The maximum Gasteiger partial charge on any atom is 0.0763 e. The largest absolute Gasteiger partial charge is 0.391 e. The van der Waals surface area contributed by atoms with Crippen molar-refractivity contribution < 1.29 is 5.11 Å². The van der Waals surface area contributed by atoms with Crippen LogP contribution in [0.2, 0.25) is 0 Å². The van der Waals surface area contributed by atoms with Crippen molar-refractivity contribution in [2.24, 2.45) is 0 Å². The van der Waals surface area contributed by atoms with Gasteiger partial charge in [0.25, 0.3) is 0 Å². The average molecular weight is 251 g/mol. The van der Waals surface area contributed by atoms with Crippen LogP contribution in [0.5, 0.6) is 0 Å². The minimum absolute atomic E-state index is 0.231. The van der Waals surface area contributed by atoms with E-state index in [9.17, 15) is 5.11 Å². The highest BCUT2D eigenvalue weighted by Crippen LogP contribution is 2.08. The average Bonchev–Trinajstić information content (AvgIpc) is 2.09. The molecule has 0 radical (unpaired) electrons. The van der Waals surface area contributed by atoms with Crippen LogP contribution in [0.4, 0.5) is 0 Å². The predicted molar refractivity (Wildman–Crippen MR) is 58.3 cm³/mol. The number of halogens is 1. The highest BCUT2D eigenvalue weighted by atomic mass is 79.9. The molecule has 13 heavy (non-hydrogen) atoms. The summed E-state index contributed by atoms with van der Waals surface area (Å²) in [6.45, 7) is 6.30. The molecule has 1 N–H and O–H groups in total. The molecule has 0 aromatic rings. The van der Waals surface area contributed by atoms with Gasteiger partial charge in [0.1, 0.15) is 0 Å². The fourth-order valence-electron chi connectivity index (χ4n) is 1.77. The van der Waals surface area contributed by atoms with Crippen LogP contribution in [0, 0.1) is 0 Å². The third-order valence-electron chi connectivity index (χ3n) is 2.59. The molecule has 3 nitrogen and oxygen atoms in total. The molecule has 0 amide bonds. The van der Waals surface area contributed by atoms with Crippen LogP contribution < -0.4 is 0 Å². The Morgan fingerprint density at radius 3 is 2.77 bits per heavy atom. The van der Waals surface area contributed by atoms with E-state index in [1.165, 1.54) is 0 Å². The first kappa shape index (κ1) is 11.4. The topological polar surface area (TPSA) is 26.7 Å². The molecule has 2 unspecified atom stereocenters. The smallest absolute Gasteiger partial charge is 0.0763 e. The van der Waals surface area contributed by atoms with E-state index in [2.05, 4.69) is 39.7 Å². The number of β-amino-alcohol motifs (C(OH)–C–C–N with tert-alkyl or cyclic N) is 1. The second-order valence-corrected chi connectivity index (χ2v) is 4.56. The zero-order valence-corrected chi connectivity index (χ0v) is 10.00. The number of aliphatic hydroxyl groups is 1. The van der Waals surface area contributed by atoms with Crippen molar-refractivity contribution in [2.75, 3.05) is 38.6 Å². The van der Waals surface area contributed by atoms with Gasteiger partial charge in [-0.3, -0.25) is 4.90 Å². The molecule has 1 heterocycles. The molecule has 0 saturated carbocycles. The van der Waals surface area contributed by atoms with E-state index in [4.69, 9.17) is 0 Å². The zero-order chi connectivity index (χ0) is 9.84. The summed E-state index contributed by atoms with van der Waals surface area (Å²) in [5.41, 5.74) is 0. The maximum atomic E-state index is 9.49. The molecule has 0 aliphatic carbocycles. The Bertz CT molecular complexity index is 157. The van der Waals surface area contributed by atoms with Crippen molar-refractivity contribution in [2.45, 2.75) is 19.1 Å². The van der Waals surface area contributed by atoms with E-state index in [0.29, 0.717) is 11.4 Å². The summed E-state index contributed by atoms with van der Waals surface area (Å²) in [5.74, 6) is 0. The summed E-state index contributed by atoms with van der Waals surface area (Å²) in [6, 6.07) is 0.562. The summed E-state index contributed by atoms with van der Waals surface area (Å²) < 4.78 is 0. The minimum atomic E-state index is -0.231. The summed E-state index contributed by atoms with van der Waals surface area (Å²) in [5, 5.41) is 10.2. The zero-order valence-electron chi connectivity index (χ0n) is 8.41. The van der Waals surface area contributed by atoms with Gasteiger partial charge in [0.15, 0.2) is 0 Å². The molecule has 1 rings (SSSR count). The lowest BCUT2D eigenvalue weighted by molar-refractivity contribution is 0.0565. The van der Waals surface area contributed by atoms with E-state index in [1.807, 2.05) is 0 Å². The Balaban J connectivity index is 2.33. The van der Waals surface area contributed by atoms with Crippen molar-refractivity contribution >= 4 is 15.9 Å². The Labute approximate surface area is 88.8 Å². The lowest BCUT2D eigenvalue weighted by Gasteiger charge is -2.38. The predicted octanol–water partition coefficient (Wildman–Crippen LogP) is 0.378. The maximum absolute atomic E-state index is 9.49. The third kappa shape index (κ3) is 3.54. The summed E-state index contributed by atoms with van der Waals surface area (Å²) in [6.07, 6.45) is -0.231. The van der Waals surface area contributed by atoms with Crippen molar-refractivity contribution in [1.29, 1.82) is 0 Å². The number of aliphatic hydroxyl groups excluding tert-OH is 1. The molecule has 0 spiro atoms. The van der Waals surface area contributed by atoms with Crippen LogP contribution in [0.15, 0.2) is 0 Å². The second-order valence-electron chi connectivity index (χ2n) is 3.91. The molecular weight excluding hydrogens is 232 g/mol. The first-order valence-corrected chi connectivity index (χ1v) is 5.92. The lowest BCUT2D eigenvalue weighted by atomic mass is 10.2. The number of alkyl halides is 1. The summed E-state index contributed by atoms with van der Waals surface area (Å²) in [4.78, 5) is 4.69. The first-order chi connectivity index (χ1) is 6.13. The van der Waals surface area contributed by atoms with Crippen LogP contribution in [-0.2, 0) is 0 Å². The number of piperazine rings is 1. The van der Waals surface area contributed by atoms with Gasteiger partial charge in [0.05, 0.1) is 6.10 Å². The number of nitrogens with zero attached hydrogens (tertiary/aromatic N) is 2. The highest BCUT2D eigenvalue weighted by Gasteiger charge is 2.22. The number of hydrogen-bond donors (Lipinski definition) is 1. The van der Waals surface area contributed by atoms with Crippen molar-refractivity contribution in [1.82, 2.24) is 9.80 Å². The molecule has 1 saturated heterocycles. The molecule has 1 aliphatic rings. The first-order valence-electron chi connectivity index (χ1n) is 4.80. The van der Waals surface area contributed by atoms with E-state index >= 15 is 0 Å². The molecule has 0 aromatic carbocycles. The molecule has 78 valence electrons. The van der Waals surface area contributed by atoms with Gasteiger partial charge < -0.3 is 10.0 Å². The van der Waals surface area contributed by atoms with Crippen molar-refractivity contribution in [3.63, 3.8) is 0 Å². The Morgan fingerprint density at radius 1 is 1.54 bits per heavy atom. The van der Waals surface area contributed by atoms with Gasteiger partial charge in [-0.25, -0.2) is 0 Å². The monoisotopic (exact) mass is 250 g/mol. The molecule has 1 aliphatic heterocycles. The standard InChI is InChI=1S/C9H19BrN2O/c1-8-6-11(2)3-4-12(8)7-9(13)5-10/h8-9,13H,3-7H2,1-2H3. The molecule has 0 aromatic heterocycles.